The smallest absolute Gasteiger partial charge is 0.315 e. The monoisotopic (exact) mass is 375 g/mol. The number of carbonyl (C=O) groups is 2. The maximum absolute atomic E-state index is 12.8. The highest BCUT2D eigenvalue weighted by molar-refractivity contribution is 6.30. The zero-order valence-corrected chi connectivity index (χ0v) is 15.6. The molecule has 3 rings (SSSR count). The van der Waals surface area contributed by atoms with E-state index in [0.717, 1.165) is 5.56 Å². The van der Waals surface area contributed by atoms with E-state index in [2.05, 4.69) is 4.99 Å². The standard InChI is InChI=1S/C20H22ClNO4/c1-12-17(20(24)26-11-10-25-2)18(13-6-8-14(21)9-7-13)19-15(22-12)4-3-5-16(19)23/h3,5-9,15,17-19H,4,10-11H2,1-2H3/t15-,17?,18+,19-/m0/s1. The van der Waals surface area contributed by atoms with E-state index >= 15 is 0 Å². The van der Waals surface area contributed by atoms with Crippen LogP contribution in [0.2, 0.25) is 5.02 Å². The van der Waals surface area contributed by atoms with Crippen LogP contribution in [0.3, 0.4) is 0 Å². The minimum Gasteiger partial charge on any atom is -0.463 e. The van der Waals surface area contributed by atoms with Gasteiger partial charge in [0.2, 0.25) is 0 Å². The molecule has 1 aromatic carbocycles. The third-order valence-electron chi connectivity index (χ3n) is 5.01. The van der Waals surface area contributed by atoms with Gasteiger partial charge in [-0.1, -0.05) is 29.8 Å². The number of aliphatic imine (C=N–C) groups is 1. The van der Waals surface area contributed by atoms with E-state index in [0.29, 0.717) is 23.8 Å². The number of rotatable bonds is 5. The van der Waals surface area contributed by atoms with Crippen LogP contribution < -0.4 is 0 Å². The highest BCUT2D eigenvalue weighted by atomic mass is 35.5. The Morgan fingerprint density at radius 1 is 1.23 bits per heavy atom. The van der Waals surface area contributed by atoms with Crippen molar-refractivity contribution in [2.24, 2.45) is 16.8 Å². The minimum absolute atomic E-state index is 0.00661. The van der Waals surface area contributed by atoms with Gasteiger partial charge < -0.3 is 9.47 Å². The first-order chi connectivity index (χ1) is 12.5. The number of halogens is 1. The maximum atomic E-state index is 12.8. The molecule has 0 aromatic heterocycles. The van der Waals surface area contributed by atoms with Gasteiger partial charge in [0.05, 0.1) is 18.6 Å². The van der Waals surface area contributed by atoms with E-state index in [4.69, 9.17) is 21.1 Å². The molecule has 0 saturated carbocycles. The first kappa shape index (κ1) is 18.8. The molecule has 6 heteroatoms. The lowest BCUT2D eigenvalue weighted by Gasteiger charge is -2.40. The lowest BCUT2D eigenvalue weighted by Crippen LogP contribution is -2.46. The molecule has 1 aliphatic carbocycles. The van der Waals surface area contributed by atoms with Gasteiger partial charge >= 0.3 is 5.97 Å². The minimum atomic E-state index is -0.593. The van der Waals surface area contributed by atoms with Crippen molar-refractivity contribution in [1.29, 1.82) is 0 Å². The molecule has 138 valence electrons. The number of hydrogen-bond donors (Lipinski definition) is 0. The van der Waals surface area contributed by atoms with Gasteiger partial charge in [0.15, 0.2) is 5.78 Å². The Morgan fingerprint density at radius 2 is 1.96 bits per heavy atom. The highest BCUT2D eigenvalue weighted by Crippen LogP contribution is 2.43. The molecule has 1 heterocycles. The number of allylic oxidation sites excluding steroid dienone is 1. The van der Waals surface area contributed by atoms with Crippen molar-refractivity contribution in [3.63, 3.8) is 0 Å². The van der Waals surface area contributed by atoms with Crippen molar-refractivity contribution in [3.05, 3.63) is 47.0 Å². The Bertz CT molecular complexity index is 741. The molecule has 0 N–H and O–H groups in total. The van der Waals surface area contributed by atoms with Crippen LogP contribution in [0.15, 0.2) is 41.4 Å². The Labute approximate surface area is 158 Å². The number of ketones is 1. The zero-order chi connectivity index (χ0) is 18.7. The topological polar surface area (TPSA) is 65.0 Å². The van der Waals surface area contributed by atoms with E-state index in [-0.39, 0.29) is 36.2 Å². The number of nitrogens with zero attached hydrogens (tertiary/aromatic N) is 1. The summed E-state index contributed by atoms with van der Waals surface area (Å²) in [7, 11) is 1.55. The molecule has 0 amide bonds. The van der Waals surface area contributed by atoms with Crippen LogP contribution in [-0.2, 0) is 19.1 Å². The molecule has 1 aliphatic heterocycles. The van der Waals surface area contributed by atoms with Gasteiger partial charge in [0.25, 0.3) is 0 Å². The second kappa shape index (κ2) is 8.14. The molecular weight excluding hydrogens is 354 g/mol. The molecule has 0 fully saturated rings. The van der Waals surface area contributed by atoms with Crippen LogP contribution in [-0.4, -0.2) is 43.8 Å². The molecule has 5 nitrogen and oxygen atoms in total. The Kier molecular flexibility index (Phi) is 5.89. The van der Waals surface area contributed by atoms with Crippen molar-refractivity contribution in [2.45, 2.75) is 25.3 Å². The van der Waals surface area contributed by atoms with Crippen LogP contribution in [0.4, 0.5) is 0 Å². The fraction of sp³-hybridized carbons (Fsp3) is 0.450. The van der Waals surface area contributed by atoms with Crippen LogP contribution in [0.1, 0.15) is 24.8 Å². The van der Waals surface area contributed by atoms with Crippen LogP contribution in [0.25, 0.3) is 0 Å². The molecule has 0 spiro atoms. The zero-order valence-electron chi connectivity index (χ0n) is 14.9. The number of methoxy groups -OCH3 is 1. The molecule has 0 saturated heterocycles. The third kappa shape index (κ3) is 3.74. The first-order valence-electron chi connectivity index (χ1n) is 8.68. The van der Waals surface area contributed by atoms with Crippen LogP contribution in [0.5, 0.6) is 0 Å². The molecule has 1 aromatic rings. The van der Waals surface area contributed by atoms with Gasteiger partial charge in [-0.3, -0.25) is 14.6 Å². The molecule has 0 bridgehead atoms. The summed E-state index contributed by atoms with van der Waals surface area (Å²) >= 11 is 6.02. The lowest BCUT2D eigenvalue weighted by molar-refractivity contribution is -0.149. The number of carbonyl (C=O) groups excluding carboxylic acids is 2. The van der Waals surface area contributed by atoms with E-state index < -0.39 is 5.92 Å². The summed E-state index contributed by atoms with van der Waals surface area (Å²) in [6.45, 7) is 2.34. The number of esters is 1. The number of ether oxygens (including phenoxy) is 2. The van der Waals surface area contributed by atoms with Crippen molar-refractivity contribution < 1.29 is 19.1 Å². The maximum Gasteiger partial charge on any atom is 0.315 e. The molecule has 1 unspecified atom stereocenters. The summed E-state index contributed by atoms with van der Waals surface area (Å²) < 4.78 is 10.3. The SMILES string of the molecule is COCCOC(=O)C1C(C)=N[C@H]2CC=CC(=O)[C@H]2[C@@H]1c1ccc(Cl)cc1. The normalized spacial score (nSPS) is 27.7. The predicted octanol–water partition coefficient (Wildman–Crippen LogP) is 3.22. The van der Waals surface area contributed by atoms with E-state index in [9.17, 15) is 9.59 Å². The van der Waals surface area contributed by atoms with Gasteiger partial charge in [0, 0.05) is 23.8 Å². The Hall–Kier alpha value is -1.98. The quantitative estimate of drug-likeness (QED) is 0.585. The van der Waals surface area contributed by atoms with Crippen molar-refractivity contribution in [3.8, 4) is 0 Å². The van der Waals surface area contributed by atoms with Gasteiger partial charge in [-0.15, -0.1) is 0 Å². The van der Waals surface area contributed by atoms with E-state index in [1.54, 1.807) is 25.3 Å². The van der Waals surface area contributed by atoms with Gasteiger partial charge in [-0.2, -0.15) is 0 Å². The predicted molar refractivity (Wildman–Crippen MR) is 99.7 cm³/mol. The van der Waals surface area contributed by atoms with Crippen LogP contribution in [0, 0.1) is 11.8 Å². The molecular formula is C20H22ClNO4. The lowest BCUT2D eigenvalue weighted by atomic mass is 9.66. The van der Waals surface area contributed by atoms with E-state index in [1.165, 1.54) is 0 Å². The average molecular weight is 376 g/mol. The first-order valence-corrected chi connectivity index (χ1v) is 9.06. The second-order valence-electron chi connectivity index (χ2n) is 6.62. The third-order valence-corrected chi connectivity index (χ3v) is 5.26. The van der Waals surface area contributed by atoms with Crippen molar-refractivity contribution >= 4 is 29.1 Å². The molecule has 4 atom stereocenters. The van der Waals surface area contributed by atoms with E-state index in [1.807, 2.05) is 25.1 Å². The fourth-order valence-electron chi connectivity index (χ4n) is 3.85. The van der Waals surface area contributed by atoms with Crippen LogP contribution >= 0.6 is 11.6 Å². The van der Waals surface area contributed by atoms with Crippen molar-refractivity contribution in [2.75, 3.05) is 20.3 Å². The summed E-state index contributed by atoms with van der Waals surface area (Å²) in [6, 6.07) is 7.18. The summed E-state index contributed by atoms with van der Waals surface area (Å²) in [6.07, 6.45) is 4.16. The highest BCUT2D eigenvalue weighted by Gasteiger charge is 2.48. The Morgan fingerprint density at radius 3 is 2.65 bits per heavy atom. The van der Waals surface area contributed by atoms with Crippen molar-refractivity contribution in [1.82, 2.24) is 0 Å². The fourth-order valence-corrected chi connectivity index (χ4v) is 3.97. The number of hydrogen-bond acceptors (Lipinski definition) is 5. The Balaban J connectivity index is 2.00. The van der Waals surface area contributed by atoms with Gasteiger partial charge in [0.1, 0.15) is 12.5 Å². The number of benzene rings is 1. The number of fused-ring (bicyclic) bond motifs is 1. The average Bonchev–Trinajstić information content (AvgIpc) is 2.61. The summed E-state index contributed by atoms with van der Waals surface area (Å²) in [5.74, 6) is -1.65. The van der Waals surface area contributed by atoms with Gasteiger partial charge in [-0.25, -0.2) is 0 Å². The molecule has 0 radical (unpaired) electrons. The summed E-state index contributed by atoms with van der Waals surface area (Å²) in [5.41, 5.74) is 1.60. The summed E-state index contributed by atoms with van der Waals surface area (Å²) in [5, 5.41) is 0.612. The molecule has 2 aliphatic rings. The second-order valence-corrected chi connectivity index (χ2v) is 7.06. The summed E-state index contributed by atoms with van der Waals surface area (Å²) in [4.78, 5) is 30.1. The van der Waals surface area contributed by atoms with Gasteiger partial charge in [-0.05, 0) is 37.1 Å². The largest absolute Gasteiger partial charge is 0.463 e. The molecule has 26 heavy (non-hydrogen) atoms.